The first-order chi connectivity index (χ1) is 9.95. The lowest BCUT2D eigenvalue weighted by molar-refractivity contribution is 0.102. The molecule has 0 aromatic heterocycles. The summed E-state index contributed by atoms with van der Waals surface area (Å²) in [6.45, 7) is 1.76. The number of thioether (sulfide) groups is 1. The highest BCUT2D eigenvalue weighted by Gasteiger charge is 2.12. The van der Waals surface area contributed by atoms with Gasteiger partial charge in [-0.15, -0.1) is 0 Å². The number of aryl methyl sites for hydroxylation is 1. The second kappa shape index (κ2) is 6.67. The average molecular weight is 311 g/mol. The second-order valence-corrected chi connectivity index (χ2v) is 5.40. The number of nitrogens with one attached hydrogen (secondary N) is 1. The first kappa shape index (κ1) is 15.4. The lowest BCUT2D eigenvalue weighted by Crippen LogP contribution is -2.13. The molecular formula is C15H12F3NOS. The van der Waals surface area contributed by atoms with Gasteiger partial charge in [0.25, 0.3) is 11.7 Å². The van der Waals surface area contributed by atoms with Crippen LogP contribution in [0, 0.1) is 12.7 Å². The number of anilines is 1. The molecular weight excluding hydrogens is 299 g/mol. The van der Waals surface area contributed by atoms with Crippen LogP contribution < -0.4 is 5.32 Å². The number of halogens is 3. The van der Waals surface area contributed by atoms with Crippen LogP contribution in [0.4, 0.5) is 18.9 Å². The summed E-state index contributed by atoms with van der Waals surface area (Å²) in [4.78, 5) is 12.4. The minimum absolute atomic E-state index is 0.0546. The Morgan fingerprint density at radius 2 is 1.81 bits per heavy atom. The van der Waals surface area contributed by atoms with Crippen molar-refractivity contribution >= 4 is 23.4 Å². The molecule has 21 heavy (non-hydrogen) atoms. The first-order valence-electron chi connectivity index (χ1n) is 6.08. The van der Waals surface area contributed by atoms with Crippen molar-refractivity contribution < 1.29 is 18.0 Å². The monoisotopic (exact) mass is 311 g/mol. The number of hydrogen-bond acceptors (Lipinski definition) is 2. The zero-order valence-corrected chi connectivity index (χ0v) is 11.9. The Morgan fingerprint density at radius 3 is 2.43 bits per heavy atom. The SMILES string of the molecule is Cc1ccc(F)c(C(=O)Nc2ccc(SC(F)F)cc2)c1. The summed E-state index contributed by atoms with van der Waals surface area (Å²) < 4.78 is 38.0. The van der Waals surface area contributed by atoms with Gasteiger partial charge >= 0.3 is 0 Å². The summed E-state index contributed by atoms with van der Waals surface area (Å²) in [6.07, 6.45) is 0. The lowest BCUT2D eigenvalue weighted by atomic mass is 10.1. The lowest BCUT2D eigenvalue weighted by Gasteiger charge is -2.08. The van der Waals surface area contributed by atoms with Crippen molar-refractivity contribution in [3.63, 3.8) is 0 Å². The quantitative estimate of drug-likeness (QED) is 0.829. The molecule has 110 valence electrons. The molecule has 0 fully saturated rings. The van der Waals surface area contributed by atoms with E-state index in [1.807, 2.05) is 0 Å². The molecule has 0 unspecified atom stereocenters. The molecule has 2 rings (SSSR count). The maximum absolute atomic E-state index is 13.6. The van der Waals surface area contributed by atoms with Crippen molar-refractivity contribution in [2.45, 2.75) is 17.6 Å². The van der Waals surface area contributed by atoms with Crippen LogP contribution >= 0.6 is 11.8 Å². The van der Waals surface area contributed by atoms with Gasteiger partial charge in [-0.05, 0) is 43.3 Å². The zero-order valence-electron chi connectivity index (χ0n) is 11.1. The van der Waals surface area contributed by atoms with Crippen LogP contribution in [0.1, 0.15) is 15.9 Å². The molecule has 2 aromatic rings. The minimum atomic E-state index is -2.49. The van der Waals surface area contributed by atoms with Crippen LogP contribution in [0.3, 0.4) is 0 Å². The molecule has 0 heterocycles. The van der Waals surface area contributed by atoms with Gasteiger partial charge in [0.15, 0.2) is 0 Å². The zero-order chi connectivity index (χ0) is 15.4. The molecule has 2 nitrogen and oxygen atoms in total. The highest BCUT2D eigenvalue weighted by Crippen LogP contribution is 2.26. The molecule has 1 amide bonds. The van der Waals surface area contributed by atoms with Gasteiger partial charge in [0.05, 0.1) is 5.56 Å². The Bertz CT molecular complexity index is 644. The molecule has 6 heteroatoms. The molecule has 0 aliphatic heterocycles. The van der Waals surface area contributed by atoms with Crippen LogP contribution in [-0.2, 0) is 0 Å². The third-order valence-corrected chi connectivity index (χ3v) is 3.43. The fourth-order valence-corrected chi connectivity index (χ4v) is 2.23. The van der Waals surface area contributed by atoms with Crippen molar-refractivity contribution in [2.24, 2.45) is 0 Å². The molecule has 2 aromatic carbocycles. The van der Waals surface area contributed by atoms with Crippen LogP contribution in [0.2, 0.25) is 0 Å². The summed E-state index contributed by atoms with van der Waals surface area (Å²) in [5.74, 6) is -3.68. The Morgan fingerprint density at radius 1 is 1.14 bits per heavy atom. The molecule has 1 N–H and O–H groups in total. The number of carbonyl (C=O) groups excluding carboxylic acids is 1. The Hall–Kier alpha value is -1.95. The fourth-order valence-electron chi connectivity index (χ4n) is 1.73. The summed E-state index contributed by atoms with van der Waals surface area (Å²) >= 11 is 0.421. The van der Waals surface area contributed by atoms with Gasteiger partial charge in [-0.25, -0.2) is 4.39 Å². The number of carbonyl (C=O) groups is 1. The van der Waals surface area contributed by atoms with Crippen LogP contribution in [0.25, 0.3) is 0 Å². The molecule has 0 atom stereocenters. The van der Waals surface area contributed by atoms with Gasteiger partial charge in [0, 0.05) is 10.6 Å². The normalized spacial score (nSPS) is 10.7. The molecule has 0 bridgehead atoms. The molecule has 0 radical (unpaired) electrons. The van der Waals surface area contributed by atoms with Crippen molar-refractivity contribution in [2.75, 3.05) is 5.32 Å². The maximum Gasteiger partial charge on any atom is 0.288 e. The van der Waals surface area contributed by atoms with Gasteiger partial charge in [-0.2, -0.15) is 8.78 Å². The first-order valence-corrected chi connectivity index (χ1v) is 6.96. The predicted octanol–water partition coefficient (Wildman–Crippen LogP) is 4.70. The molecule has 0 saturated heterocycles. The van der Waals surface area contributed by atoms with Crippen molar-refractivity contribution in [1.82, 2.24) is 0 Å². The summed E-state index contributed by atoms with van der Waals surface area (Å²) in [7, 11) is 0. The smallest absolute Gasteiger partial charge is 0.288 e. The minimum Gasteiger partial charge on any atom is -0.322 e. The van der Waals surface area contributed by atoms with E-state index in [1.165, 1.54) is 36.4 Å². The van der Waals surface area contributed by atoms with E-state index in [0.29, 0.717) is 22.3 Å². The number of hydrogen-bond donors (Lipinski definition) is 1. The van der Waals surface area contributed by atoms with E-state index in [-0.39, 0.29) is 5.56 Å². The summed E-state index contributed by atoms with van der Waals surface area (Å²) in [6, 6.07) is 10.2. The maximum atomic E-state index is 13.6. The Balaban J connectivity index is 2.10. The predicted molar refractivity (Wildman–Crippen MR) is 77.4 cm³/mol. The third-order valence-electron chi connectivity index (χ3n) is 2.70. The number of rotatable bonds is 4. The second-order valence-electron chi connectivity index (χ2n) is 4.34. The van der Waals surface area contributed by atoms with Crippen LogP contribution in [0.5, 0.6) is 0 Å². The number of alkyl halides is 2. The summed E-state index contributed by atoms with van der Waals surface area (Å²) in [5, 5.41) is 2.53. The Kier molecular flexibility index (Phi) is 4.90. The van der Waals surface area contributed by atoms with Gasteiger partial charge < -0.3 is 5.32 Å². The van der Waals surface area contributed by atoms with Crippen molar-refractivity contribution in [3.8, 4) is 0 Å². The van der Waals surface area contributed by atoms with Crippen molar-refractivity contribution in [1.29, 1.82) is 0 Å². The van der Waals surface area contributed by atoms with Crippen LogP contribution in [-0.4, -0.2) is 11.7 Å². The van der Waals surface area contributed by atoms with Crippen molar-refractivity contribution in [3.05, 3.63) is 59.4 Å². The van der Waals surface area contributed by atoms with E-state index >= 15 is 0 Å². The van der Waals surface area contributed by atoms with E-state index in [9.17, 15) is 18.0 Å². The standard InChI is InChI=1S/C15H12F3NOS/c1-9-2-7-13(16)12(8-9)14(20)19-10-3-5-11(6-4-10)21-15(17)18/h2-8,15H,1H3,(H,19,20). The molecule has 0 saturated carbocycles. The Labute approximate surface area is 124 Å². The largest absolute Gasteiger partial charge is 0.322 e. The topological polar surface area (TPSA) is 29.1 Å². The van der Waals surface area contributed by atoms with E-state index in [1.54, 1.807) is 13.0 Å². The van der Waals surface area contributed by atoms with Gasteiger partial charge in [0.2, 0.25) is 0 Å². The average Bonchev–Trinajstić information content (AvgIpc) is 2.43. The van der Waals surface area contributed by atoms with E-state index in [0.717, 1.165) is 5.56 Å². The molecule has 0 spiro atoms. The number of amides is 1. The van der Waals surface area contributed by atoms with E-state index in [2.05, 4.69) is 5.32 Å². The molecule has 0 aliphatic rings. The number of benzene rings is 2. The summed E-state index contributed by atoms with van der Waals surface area (Å²) in [5.41, 5.74) is 1.13. The van der Waals surface area contributed by atoms with Gasteiger partial charge in [-0.1, -0.05) is 23.4 Å². The highest BCUT2D eigenvalue weighted by molar-refractivity contribution is 7.99. The van der Waals surface area contributed by atoms with Gasteiger partial charge in [-0.3, -0.25) is 4.79 Å². The third kappa shape index (κ3) is 4.26. The van der Waals surface area contributed by atoms with Gasteiger partial charge in [0.1, 0.15) is 5.82 Å². The highest BCUT2D eigenvalue weighted by atomic mass is 32.2. The van der Waals surface area contributed by atoms with Crippen LogP contribution in [0.15, 0.2) is 47.4 Å². The fraction of sp³-hybridized carbons (Fsp3) is 0.133. The van der Waals surface area contributed by atoms with E-state index < -0.39 is 17.5 Å². The molecule has 0 aliphatic carbocycles. The van der Waals surface area contributed by atoms with E-state index in [4.69, 9.17) is 0 Å².